The quantitative estimate of drug-likeness (QED) is 0.808. The number of ether oxygens (including phenoxy) is 1. The highest BCUT2D eigenvalue weighted by molar-refractivity contribution is 7.10. The predicted molar refractivity (Wildman–Crippen MR) is 97.7 cm³/mol. The molecule has 2 heterocycles. The number of hydrogen-bond donors (Lipinski definition) is 0. The number of piperazine rings is 1. The molecule has 0 aliphatic carbocycles. The van der Waals surface area contributed by atoms with Crippen molar-refractivity contribution >= 4 is 17.2 Å². The van der Waals surface area contributed by atoms with Gasteiger partial charge in [0.1, 0.15) is 5.75 Å². The van der Waals surface area contributed by atoms with Gasteiger partial charge in [0.2, 0.25) is 5.91 Å². The summed E-state index contributed by atoms with van der Waals surface area (Å²) in [7, 11) is 1.69. The Morgan fingerprint density at radius 3 is 2.50 bits per heavy atom. The first-order chi connectivity index (χ1) is 11.7. The van der Waals surface area contributed by atoms with Gasteiger partial charge < -0.3 is 9.64 Å². The number of hydrogen-bond acceptors (Lipinski definition) is 4. The van der Waals surface area contributed by atoms with E-state index in [1.54, 1.807) is 18.4 Å². The van der Waals surface area contributed by atoms with Gasteiger partial charge in [0, 0.05) is 37.6 Å². The molecule has 1 aromatic heterocycles. The summed E-state index contributed by atoms with van der Waals surface area (Å²) in [5.74, 6) is 1.16. The lowest BCUT2D eigenvalue weighted by Gasteiger charge is -2.34. The highest BCUT2D eigenvalue weighted by atomic mass is 32.1. The Kier molecular flexibility index (Phi) is 5.88. The van der Waals surface area contributed by atoms with Crippen LogP contribution in [-0.2, 0) is 17.6 Å². The molecule has 1 aliphatic rings. The maximum absolute atomic E-state index is 12.3. The molecule has 4 nitrogen and oxygen atoms in total. The third-order valence-corrected chi connectivity index (χ3v) is 5.38. The van der Waals surface area contributed by atoms with E-state index in [1.807, 2.05) is 34.5 Å². The van der Waals surface area contributed by atoms with Crippen LogP contribution in [0.25, 0.3) is 0 Å². The van der Waals surface area contributed by atoms with Crippen molar-refractivity contribution in [2.24, 2.45) is 0 Å². The zero-order valence-electron chi connectivity index (χ0n) is 14.1. The van der Waals surface area contributed by atoms with Crippen molar-refractivity contribution in [3.8, 4) is 5.75 Å². The topological polar surface area (TPSA) is 32.8 Å². The second kappa shape index (κ2) is 8.31. The highest BCUT2D eigenvalue weighted by Crippen LogP contribution is 2.14. The standard InChI is InChI=1S/C19H24N2O2S/c1-23-17-6-4-16(5-7-17)8-9-20-10-12-21(13-11-20)19(22)15-18-3-2-14-24-18/h2-7,14H,8-13,15H2,1H3. The van der Waals surface area contributed by atoms with Crippen molar-refractivity contribution in [3.05, 3.63) is 52.2 Å². The Morgan fingerprint density at radius 2 is 1.88 bits per heavy atom. The molecule has 1 amide bonds. The molecule has 0 unspecified atom stereocenters. The van der Waals surface area contributed by atoms with Gasteiger partial charge in [-0.05, 0) is 35.6 Å². The molecule has 1 saturated heterocycles. The Bertz CT molecular complexity index is 632. The zero-order valence-corrected chi connectivity index (χ0v) is 14.9. The molecular formula is C19H24N2O2S. The molecule has 0 spiro atoms. The predicted octanol–water partition coefficient (Wildman–Crippen LogP) is 2.69. The van der Waals surface area contributed by atoms with Crippen LogP contribution in [0, 0.1) is 0 Å². The number of thiophene rings is 1. The third kappa shape index (κ3) is 4.58. The molecule has 128 valence electrons. The van der Waals surface area contributed by atoms with Crippen LogP contribution in [-0.4, -0.2) is 55.5 Å². The van der Waals surface area contributed by atoms with Crippen LogP contribution in [0.15, 0.2) is 41.8 Å². The number of carbonyl (C=O) groups excluding carboxylic acids is 1. The number of amides is 1. The molecule has 0 atom stereocenters. The van der Waals surface area contributed by atoms with E-state index < -0.39 is 0 Å². The smallest absolute Gasteiger partial charge is 0.227 e. The van der Waals surface area contributed by atoms with Crippen LogP contribution < -0.4 is 4.74 Å². The summed E-state index contributed by atoms with van der Waals surface area (Å²) in [5, 5.41) is 2.03. The van der Waals surface area contributed by atoms with Gasteiger partial charge >= 0.3 is 0 Å². The molecule has 24 heavy (non-hydrogen) atoms. The normalized spacial score (nSPS) is 15.5. The van der Waals surface area contributed by atoms with E-state index in [4.69, 9.17) is 4.74 Å². The van der Waals surface area contributed by atoms with E-state index in [9.17, 15) is 4.79 Å². The zero-order chi connectivity index (χ0) is 16.8. The third-order valence-electron chi connectivity index (χ3n) is 4.51. The van der Waals surface area contributed by atoms with Gasteiger partial charge in [0.05, 0.1) is 13.5 Å². The van der Waals surface area contributed by atoms with E-state index >= 15 is 0 Å². The molecule has 3 rings (SSSR count). The summed E-state index contributed by atoms with van der Waals surface area (Å²) >= 11 is 1.66. The molecule has 1 fully saturated rings. The van der Waals surface area contributed by atoms with Gasteiger partial charge in [-0.3, -0.25) is 9.69 Å². The van der Waals surface area contributed by atoms with Gasteiger partial charge in [0.15, 0.2) is 0 Å². The largest absolute Gasteiger partial charge is 0.497 e. The van der Waals surface area contributed by atoms with Crippen LogP contribution in [0.5, 0.6) is 5.75 Å². The van der Waals surface area contributed by atoms with Gasteiger partial charge in [-0.15, -0.1) is 11.3 Å². The maximum Gasteiger partial charge on any atom is 0.227 e. The van der Waals surface area contributed by atoms with Crippen molar-refractivity contribution < 1.29 is 9.53 Å². The fourth-order valence-electron chi connectivity index (χ4n) is 2.97. The first-order valence-corrected chi connectivity index (χ1v) is 9.28. The minimum Gasteiger partial charge on any atom is -0.497 e. The molecule has 0 radical (unpaired) electrons. The molecule has 0 saturated carbocycles. The van der Waals surface area contributed by atoms with Gasteiger partial charge in [-0.1, -0.05) is 18.2 Å². The molecule has 0 N–H and O–H groups in total. The van der Waals surface area contributed by atoms with Crippen molar-refractivity contribution in [1.82, 2.24) is 9.80 Å². The van der Waals surface area contributed by atoms with E-state index in [-0.39, 0.29) is 5.91 Å². The molecular weight excluding hydrogens is 320 g/mol. The average molecular weight is 344 g/mol. The summed E-state index contributed by atoms with van der Waals surface area (Å²) in [6.07, 6.45) is 1.58. The Hall–Kier alpha value is -1.85. The molecule has 5 heteroatoms. The van der Waals surface area contributed by atoms with Crippen molar-refractivity contribution in [3.63, 3.8) is 0 Å². The van der Waals surface area contributed by atoms with Crippen LogP contribution >= 0.6 is 11.3 Å². The van der Waals surface area contributed by atoms with E-state index in [0.717, 1.165) is 49.8 Å². The first kappa shape index (κ1) is 17.0. The molecule has 1 aliphatic heterocycles. The highest BCUT2D eigenvalue weighted by Gasteiger charge is 2.21. The second-order valence-corrected chi connectivity index (χ2v) is 7.11. The first-order valence-electron chi connectivity index (χ1n) is 8.40. The molecule has 1 aromatic carbocycles. The van der Waals surface area contributed by atoms with Crippen LogP contribution in [0.2, 0.25) is 0 Å². The molecule has 2 aromatic rings. The average Bonchev–Trinajstić information content (AvgIpc) is 3.14. The maximum atomic E-state index is 12.3. The lowest BCUT2D eigenvalue weighted by atomic mass is 10.1. The van der Waals surface area contributed by atoms with Crippen LogP contribution in [0.1, 0.15) is 10.4 Å². The summed E-state index contributed by atoms with van der Waals surface area (Å²) < 4.78 is 5.19. The molecule has 0 bridgehead atoms. The van der Waals surface area contributed by atoms with E-state index in [1.165, 1.54) is 5.56 Å². The summed E-state index contributed by atoms with van der Waals surface area (Å²) in [6.45, 7) is 4.65. The van der Waals surface area contributed by atoms with Crippen molar-refractivity contribution in [2.75, 3.05) is 39.8 Å². The van der Waals surface area contributed by atoms with Gasteiger partial charge in [-0.25, -0.2) is 0 Å². The van der Waals surface area contributed by atoms with Crippen LogP contribution in [0.3, 0.4) is 0 Å². The minimum absolute atomic E-state index is 0.257. The van der Waals surface area contributed by atoms with E-state index in [2.05, 4.69) is 17.0 Å². The lowest BCUT2D eigenvalue weighted by molar-refractivity contribution is -0.132. The monoisotopic (exact) mass is 344 g/mol. The summed E-state index contributed by atoms with van der Waals surface area (Å²) in [5.41, 5.74) is 1.33. The van der Waals surface area contributed by atoms with Crippen LogP contribution in [0.4, 0.5) is 0 Å². The Morgan fingerprint density at radius 1 is 1.12 bits per heavy atom. The van der Waals surface area contributed by atoms with Gasteiger partial charge in [0.25, 0.3) is 0 Å². The fourth-order valence-corrected chi connectivity index (χ4v) is 3.67. The minimum atomic E-state index is 0.257. The second-order valence-electron chi connectivity index (χ2n) is 6.08. The van der Waals surface area contributed by atoms with Gasteiger partial charge in [-0.2, -0.15) is 0 Å². The SMILES string of the molecule is COc1ccc(CCN2CCN(C(=O)Cc3cccs3)CC2)cc1. The Balaban J connectivity index is 1.40. The van der Waals surface area contributed by atoms with Crippen molar-refractivity contribution in [2.45, 2.75) is 12.8 Å². The van der Waals surface area contributed by atoms with Crippen molar-refractivity contribution in [1.29, 1.82) is 0 Å². The summed E-state index contributed by atoms with van der Waals surface area (Å²) in [6, 6.07) is 12.3. The van der Waals surface area contributed by atoms with E-state index in [0.29, 0.717) is 6.42 Å². The fraction of sp³-hybridized carbons (Fsp3) is 0.421. The lowest BCUT2D eigenvalue weighted by Crippen LogP contribution is -2.49. The number of benzene rings is 1. The number of rotatable bonds is 6. The Labute approximate surface area is 147 Å². The number of nitrogens with zero attached hydrogens (tertiary/aromatic N) is 2. The summed E-state index contributed by atoms with van der Waals surface area (Å²) in [4.78, 5) is 17.9. The number of carbonyl (C=O) groups is 1. The number of methoxy groups -OCH3 is 1.